The van der Waals surface area contributed by atoms with Crippen molar-refractivity contribution in [2.45, 2.75) is 11.8 Å². The Morgan fingerprint density at radius 1 is 1.41 bits per heavy atom. The van der Waals surface area contributed by atoms with Crippen molar-refractivity contribution >= 4 is 25.7 Å². The van der Waals surface area contributed by atoms with E-state index in [9.17, 15) is 22.0 Å². The van der Waals surface area contributed by atoms with Crippen molar-refractivity contribution in [1.29, 1.82) is 0 Å². The summed E-state index contributed by atoms with van der Waals surface area (Å²) >= 11 is 0. The Morgan fingerprint density at radius 3 is 2.47 bits per heavy atom. The van der Waals surface area contributed by atoms with Crippen LogP contribution in [0.25, 0.3) is 0 Å². The smallest absolute Gasteiger partial charge is 0.344 e. The van der Waals surface area contributed by atoms with Crippen LogP contribution in [0.1, 0.15) is 17.3 Å². The number of rotatable bonds is 3. The van der Waals surface area contributed by atoms with Gasteiger partial charge >= 0.3 is 5.97 Å². The Bertz CT molecular complexity index is 556. The predicted octanol–water partition coefficient (Wildman–Crippen LogP) is 2.07. The Morgan fingerprint density at radius 2 is 2.00 bits per heavy atom. The minimum atomic E-state index is -4.40. The summed E-state index contributed by atoms with van der Waals surface area (Å²) in [6.07, 6.45) is 0. The van der Waals surface area contributed by atoms with Gasteiger partial charge in [0.1, 0.15) is 16.3 Å². The number of esters is 1. The summed E-state index contributed by atoms with van der Waals surface area (Å²) in [6.45, 7) is 1.34. The minimum Gasteiger partial charge on any atom is -0.462 e. The van der Waals surface area contributed by atoms with Crippen molar-refractivity contribution in [3.8, 4) is 0 Å². The molecule has 94 valence electrons. The van der Waals surface area contributed by atoms with Gasteiger partial charge in [0.25, 0.3) is 9.05 Å². The second kappa shape index (κ2) is 4.97. The molecule has 0 bridgehead atoms. The predicted molar refractivity (Wildman–Crippen MR) is 55.4 cm³/mol. The van der Waals surface area contributed by atoms with E-state index in [2.05, 4.69) is 4.74 Å². The number of hydrogen-bond acceptors (Lipinski definition) is 4. The first-order chi connectivity index (χ1) is 7.79. The highest BCUT2D eigenvalue weighted by Gasteiger charge is 2.26. The van der Waals surface area contributed by atoms with Crippen molar-refractivity contribution < 1.29 is 26.7 Å². The van der Waals surface area contributed by atoms with Gasteiger partial charge in [-0.05, 0) is 19.1 Å². The van der Waals surface area contributed by atoms with E-state index in [1.165, 1.54) is 6.92 Å². The molecule has 17 heavy (non-hydrogen) atoms. The van der Waals surface area contributed by atoms with E-state index in [1.54, 1.807) is 0 Å². The zero-order valence-corrected chi connectivity index (χ0v) is 10.1. The van der Waals surface area contributed by atoms with Crippen LogP contribution in [0.4, 0.5) is 8.78 Å². The van der Waals surface area contributed by atoms with E-state index in [-0.39, 0.29) is 6.61 Å². The maximum absolute atomic E-state index is 13.6. The average molecular weight is 285 g/mol. The number of halogens is 3. The standard InChI is InChI=1S/C9H7ClF2O4S/c1-2-16-9(13)7-5(11)3-4-6(8(7)12)17(10,14)15/h3-4H,2H2,1H3. The summed E-state index contributed by atoms with van der Waals surface area (Å²) in [5, 5.41) is 0. The molecule has 0 amide bonds. The first-order valence-corrected chi connectivity index (χ1v) is 6.69. The highest BCUT2D eigenvalue weighted by atomic mass is 35.7. The molecule has 0 radical (unpaired) electrons. The number of hydrogen-bond donors (Lipinski definition) is 0. The van der Waals surface area contributed by atoms with Crippen molar-refractivity contribution in [3.05, 3.63) is 29.3 Å². The molecule has 0 aliphatic carbocycles. The highest BCUT2D eigenvalue weighted by molar-refractivity contribution is 8.13. The van der Waals surface area contributed by atoms with Crippen LogP contribution in [0.5, 0.6) is 0 Å². The number of benzene rings is 1. The third-order valence-electron chi connectivity index (χ3n) is 1.80. The monoisotopic (exact) mass is 284 g/mol. The van der Waals surface area contributed by atoms with Crippen LogP contribution in [-0.2, 0) is 13.8 Å². The van der Waals surface area contributed by atoms with Gasteiger partial charge in [0.15, 0.2) is 5.82 Å². The molecule has 4 nitrogen and oxygen atoms in total. The van der Waals surface area contributed by atoms with E-state index in [1.807, 2.05) is 0 Å². The SMILES string of the molecule is CCOC(=O)c1c(F)ccc(S(=O)(=O)Cl)c1F. The molecule has 0 fully saturated rings. The van der Waals surface area contributed by atoms with Gasteiger partial charge in [-0.25, -0.2) is 22.0 Å². The summed E-state index contributed by atoms with van der Waals surface area (Å²) in [6, 6.07) is 1.26. The number of carbonyl (C=O) groups excluding carboxylic acids is 1. The van der Waals surface area contributed by atoms with E-state index in [0.717, 1.165) is 0 Å². The first-order valence-electron chi connectivity index (χ1n) is 4.38. The molecule has 0 aliphatic rings. The second-order valence-corrected chi connectivity index (χ2v) is 5.43. The first kappa shape index (κ1) is 13.9. The van der Waals surface area contributed by atoms with Crippen LogP contribution in [0.15, 0.2) is 17.0 Å². The normalized spacial score (nSPS) is 11.3. The van der Waals surface area contributed by atoms with Crippen molar-refractivity contribution in [3.63, 3.8) is 0 Å². The molecule has 0 atom stereocenters. The Labute approximate surface area is 101 Å². The maximum Gasteiger partial charge on any atom is 0.344 e. The zero-order chi connectivity index (χ0) is 13.2. The third-order valence-corrected chi connectivity index (χ3v) is 3.14. The fraction of sp³-hybridized carbons (Fsp3) is 0.222. The van der Waals surface area contributed by atoms with Gasteiger partial charge in [-0.2, -0.15) is 0 Å². The van der Waals surface area contributed by atoms with Crippen LogP contribution in [-0.4, -0.2) is 21.0 Å². The Balaban J connectivity index is 3.46. The van der Waals surface area contributed by atoms with Gasteiger partial charge in [0.2, 0.25) is 0 Å². The molecule has 1 aromatic carbocycles. The lowest BCUT2D eigenvalue weighted by molar-refractivity contribution is 0.0514. The summed E-state index contributed by atoms with van der Waals surface area (Å²) in [7, 11) is 0.529. The highest BCUT2D eigenvalue weighted by Crippen LogP contribution is 2.24. The molecule has 0 aromatic heterocycles. The van der Waals surface area contributed by atoms with Gasteiger partial charge in [-0.15, -0.1) is 0 Å². The van der Waals surface area contributed by atoms with E-state index in [4.69, 9.17) is 10.7 Å². The fourth-order valence-electron chi connectivity index (χ4n) is 1.11. The van der Waals surface area contributed by atoms with Crippen molar-refractivity contribution in [2.75, 3.05) is 6.61 Å². The number of carbonyl (C=O) groups is 1. The molecule has 1 aromatic rings. The summed E-state index contributed by atoms with van der Waals surface area (Å²) in [4.78, 5) is 10.3. The molecule has 0 aliphatic heterocycles. The number of ether oxygens (including phenoxy) is 1. The zero-order valence-electron chi connectivity index (χ0n) is 8.54. The summed E-state index contributed by atoms with van der Waals surface area (Å²) in [5.41, 5.74) is -1.08. The lowest BCUT2D eigenvalue weighted by atomic mass is 10.2. The topological polar surface area (TPSA) is 60.4 Å². The van der Waals surface area contributed by atoms with E-state index >= 15 is 0 Å². The van der Waals surface area contributed by atoms with Crippen LogP contribution < -0.4 is 0 Å². The largest absolute Gasteiger partial charge is 0.462 e. The van der Waals surface area contributed by atoms with Crippen LogP contribution in [0, 0.1) is 11.6 Å². The van der Waals surface area contributed by atoms with Gasteiger partial charge in [0, 0.05) is 10.7 Å². The molecule has 0 heterocycles. The third kappa shape index (κ3) is 2.92. The van der Waals surface area contributed by atoms with E-state index in [0.29, 0.717) is 12.1 Å². The lowest BCUT2D eigenvalue weighted by Gasteiger charge is -2.06. The molecule has 8 heteroatoms. The van der Waals surface area contributed by atoms with Crippen molar-refractivity contribution in [1.82, 2.24) is 0 Å². The van der Waals surface area contributed by atoms with Gasteiger partial charge < -0.3 is 4.74 Å². The molecular formula is C9H7ClF2O4S. The fourth-order valence-corrected chi connectivity index (χ4v) is 2.02. The summed E-state index contributed by atoms with van der Waals surface area (Å²) < 4.78 is 53.1. The lowest BCUT2D eigenvalue weighted by Crippen LogP contribution is -2.12. The maximum atomic E-state index is 13.6. The molecule has 0 N–H and O–H groups in total. The second-order valence-electron chi connectivity index (χ2n) is 2.89. The molecule has 0 spiro atoms. The van der Waals surface area contributed by atoms with Crippen LogP contribution in [0.2, 0.25) is 0 Å². The molecule has 0 unspecified atom stereocenters. The molecule has 0 saturated heterocycles. The van der Waals surface area contributed by atoms with Crippen LogP contribution in [0.3, 0.4) is 0 Å². The molecule has 1 rings (SSSR count). The molecular weight excluding hydrogens is 278 g/mol. The Kier molecular flexibility index (Phi) is 4.05. The average Bonchev–Trinajstić information content (AvgIpc) is 2.15. The van der Waals surface area contributed by atoms with Crippen LogP contribution >= 0.6 is 10.7 Å². The Hall–Kier alpha value is -1.21. The van der Waals surface area contributed by atoms with E-state index < -0.39 is 37.1 Å². The molecule has 0 saturated carbocycles. The van der Waals surface area contributed by atoms with Gasteiger partial charge in [-0.1, -0.05) is 0 Å². The van der Waals surface area contributed by atoms with Gasteiger partial charge in [0.05, 0.1) is 6.61 Å². The van der Waals surface area contributed by atoms with Crippen molar-refractivity contribution in [2.24, 2.45) is 0 Å². The van der Waals surface area contributed by atoms with Gasteiger partial charge in [-0.3, -0.25) is 0 Å². The minimum absolute atomic E-state index is 0.102. The quantitative estimate of drug-likeness (QED) is 0.630. The summed E-state index contributed by atoms with van der Waals surface area (Å²) in [5.74, 6) is -4.06.